The average Bonchev–Trinajstić information content (AvgIpc) is 2.76. The van der Waals surface area contributed by atoms with Crippen LogP contribution in [0.25, 0.3) is 0 Å². The van der Waals surface area contributed by atoms with Crippen molar-refractivity contribution in [1.29, 1.82) is 0 Å². The summed E-state index contributed by atoms with van der Waals surface area (Å²) in [6.45, 7) is 2.79. The first-order chi connectivity index (χ1) is 8.65. The quantitative estimate of drug-likeness (QED) is 0.865. The lowest BCUT2D eigenvalue weighted by Crippen LogP contribution is -2.22. The van der Waals surface area contributed by atoms with Crippen molar-refractivity contribution in [3.8, 4) is 0 Å². The van der Waals surface area contributed by atoms with E-state index in [1.54, 1.807) is 12.3 Å². The molecule has 1 aromatic carbocycles. The highest BCUT2D eigenvalue weighted by Gasteiger charge is 2.21. The Hall–Kier alpha value is -0.670. The number of rotatable bonds is 4. The summed E-state index contributed by atoms with van der Waals surface area (Å²) in [6, 6.07) is 7.24. The van der Waals surface area contributed by atoms with E-state index in [0.29, 0.717) is 15.3 Å². The summed E-state index contributed by atoms with van der Waals surface area (Å²) in [7, 11) is 0. The van der Waals surface area contributed by atoms with Crippen molar-refractivity contribution in [3.05, 3.63) is 56.9 Å². The third-order valence-electron chi connectivity index (χ3n) is 2.66. The SMILES string of the molecule is CCNC(c1ccoc1Cl)c1cccc(Cl)c1Cl. The van der Waals surface area contributed by atoms with Crippen LogP contribution in [0.15, 0.2) is 34.9 Å². The summed E-state index contributed by atoms with van der Waals surface area (Å²) >= 11 is 18.3. The van der Waals surface area contributed by atoms with E-state index in [-0.39, 0.29) is 6.04 Å². The van der Waals surface area contributed by atoms with E-state index < -0.39 is 0 Å². The van der Waals surface area contributed by atoms with Gasteiger partial charge in [-0.1, -0.05) is 42.3 Å². The second kappa shape index (κ2) is 5.98. The fourth-order valence-electron chi connectivity index (χ4n) is 1.85. The highest BCUT2D eigenvalue weighted by molar-refractivity contribution is 6.42. The van der Waals surface area contributed by atoms with Crippen LogP contribution < -0.4 is 5.32 Å². The molecule has 0 aliphatic heterocycles. The van der Waals surface area contributed by atoms with Gasteiger partial charge in [-0.05, 0) is 35.8 Å². The highest BCUT2D eigenvalue weighted by atomic mass is 35.5. The monoisotopic (exact) mass is 303 g/mol. The maximum absolute atomic E-state index is 6.25. The van der Waals surface area contributed by atoms with Crippen molar-refractivity contribution in [3.63, 3.8) is 0 Å². The van der Waals surface area contributed by atoms with Crippen LogP contribution in [0.3, 0.4) is 0 Å². The first kappa shape index (κ1) is 13.8. The van der Waals surface area contributed by atoms with Gasteiger partial charge in [-0.15, -0.1) is 0 Å². The van der Waals surface area contributed by atoms with Gasteiger partial charge >= 0.3 is 0 Å². The average molecular weight is 305 g/mol. The molecule has 1 unspecified atom stereocenters. The topological polar surface area (TPSA) is 25.2 Å². The van der Waals surface area contributed by atoms with Gasteiger partial charge in [0.2, 0.25) is 0 Å². The Bertz CT molecular complexity index is 539. The molecule has 18 heavy (non-hydrogen) atoms. The van der Waals surface area contributed by atoms with Crippen LogP contribution in [0.2, 0.25) is 15.3 Å². The van der Waals surface area contributed by atoms with Gasteiger partial charge in [0.1, 0.15) is 0 Å². The molecular formula is C13H12Cl3NO. The van der Waals surface area contributed by atoms with Crippen LogP contribution in [0, 0.1) is 0 Å². The maximum atomic E-state index is 6.25. The molecule has 1 aromatic heterocycles. The fourth-order valence-corrected chi connectivity index (χ4v) is 2.49. The smallest absolute Gasteiger partial charge is 0.198 e. The highest BCUT2D eigenvalue weighted by Crippen LogP contribution is 2.35. The zero-order valence-electron chi connectivity index (χ0n) is 9.71. The molecule has 0 saturated carbocycles. The van der Waals surface area contributed by atoms with E-state index in [0.717, 1.165) is 17.7 Å². The lowest BCUT2D eigenvalue weighted by molar-refractivity contribution is 0.555. The minimum absolute atomic E-state index is 0.132. The van der Waals surface area contributed by atoms with Crippen LogP contribution in [0.5, 0.6) is 0 Å². The molecular weight excluding hydrogens is 293 g/mol. The van der Waals surface area contributed by atoms with Crippen molar-refractivity contribution < 1.29 is 4.42 Å². The van der Waals surface area contributed by atoms with E-state index in [4.69, 9.17) is 39.2 Å². The van der Waals surface area contributed by atoms with Crippen LogP contribution in [0.4, 0.5) is 0 Å². The van der Waals surface area contributed by atoms with Crippen LogP contribution in [-0.4, -0.2) is 6.54 Å². The van der Waals surface area contributed by atoms with Gasteiger partial charge in [0.15, 0.2) is 5.22 Å². The summed E-state index contributed by atoms with van der Waals surface area (Å²) < 4.78 is 5.13. The molecule has 0 bridgehead atoms. The molecule has 0 aliphatic carbocycles. The van der Waals surface area contributed by atoms with Gasteiger partial charge in [-0.3, -0.25) is 0 Å². The van der Waals surface area contributed by atoms with Gasteiger partial charge in [0.25, 0.3) is 0 Å². The third kappa shape index (κ3) is 2.67. The number of benzene rings is 1. The van der Waals surface area contributed by atoms with Crippen LogP contribution in [-0.2, 0) is 0 Å². The first-order valence-corrected chi connectivity index (χ1v) is 6.68. The second-order valence-corrected chi connectivity index (χ2v) is 4.91. The summed E-state index contributed by atoms with van der Waals surface area (Å²) in [5.41, 5.74) is 1.73. The number of furan rings is 1. The molecule has 2 rings (SSSR count). The van der Waals surface area contributed by atoms with Gasteiger partial charge in [-0.2, -0.15) is 0 Å². The minimum Gasteiger partial charge on any atom is -0.453 e. The molecule has 1 N–H and O–H groups in total. The molecule has 5 heteroatoms. The zero-order chi connectivity index (χ0) is 13.1. The summed E-state index contributed by atoms with van der Waals surface area (Å²) in [6.07, 6.45) is 1.56. The van der Waals surface area contributed by atoms with Crippen molar-refractivity contribution in [2.24, 2.45) is 0 Å². The molecule has 0 amide bonds. The molecule has 0 saturated heterocycles. The van der Waals surface area contributed by atoms with Gasteiger partial charge in [-0.25, -0.2) is 0 Å². The number of nitrogens with one attached hydrogen (secondary N) is 1. The van der Waals surface area contributed by atoms with Crippen molar-refractivity contribution in [2.45, 2.75) is 13.0 Å². The molecule has 0 spiro atoms. The largest absolute Gasteiger partial charge is 0.453 e. The molecule has 1 atom stereocenters. The van der Waals surface area contributed by atoms with Gasteiger partial charge < -0.3 is 9.73 Å². The van der Waals surface area contributed by atoms with E-state index in [1.165, 1.54) is 0 Å². The summed E-state index contributed by atoms with van der Waals surface area (Å²) in [5, 5.41) is 4.74. The van der Waals surface area contributed by atoms with E-state index in [9.17, 15) is 0 Å². The van der Waals surface area contributed by atoms with Crippen molar-refractivity contribution >= 4 is 34.8 Å². The molecule has 1 heterocycles. The Morgan fingerprint density at radius 3 is 2.56 bits per heavy atom. The first-order valence-electron chi connectivity index (χ1n) is 5.55. The molecule has 0 aliphatic rings. The normalized spacial score (nSPS) is 12.7. The van der Waals surface area contributed by atoms with Crippen LogP contribution >= 0.6 is 34.8 Å². The summed E-state index contributed by atoms with van der Waals surface area (Å²) in [5.74, 6) is 0. The van der Waals surface area contributed by atoms with Crippen LogP contribution in [0.1, 0.15) is 24.1 Å². The lowest BCUT2D eigenvalue weighted by Gasteiger charge is -2.19. The Morgan fingerprint density at radius 2 is 1.94 bits per heavy atom. The van der Waals surface area contributed by atoms with Crippen molar-refractivity contribution in [1.82, 2.24) is 5.32 Å². The maximum Gasteiger partial charge on any atom is 0.198 e. The predicted molar refractivity (Wildman–Crippen MR) is 75.7 cm³/mol. The molecule has 0 radical (unpaired) electrons. The standard InChI is InChI=1S/C13H12Cl3NO/c1-2-17-12(9-6-7-18-13(9)16)8-4-3-5-10(14)11(8)15/h3-7,12,17H,2H2,1H3. The Labute approximate surface area is 121 Å². The second-order valence-electron chi connectivity index (χ2n) is 3.78. The van der Waals surface area contributed by atoms with Gasteiger partial charge in [0.05, 0.1) is 22.4 Å². The number of hydrogen-bond acceptors (Lipinski definition) is 2. The zero-order valence-corrected chi connectivity index (χ0v) is 12.0. The molecule has 96 valence electrons. The van der Waals surface area contributed by atoms with Gasteiger partial charge in [0, 0.05) is 5.56 Å². The van der Waals surface area contributed by atoms with Crippen molar-refractivity contribution in [2.75, 3.05) is 6.54 Å². The Balaban J connectivity index is 2.48. The van der Waals surface area contributed by atoms with E-state index in [2.05, 4.69) is 5.32 Å². The number of hydrogen-bond donors (Lipinski definition) is 1. The molecule has 2 nitrogen and oxygen atoms in total. The summed E-state index contributed by atoms with van der Waals surface area (Å²) in [4.78, 5) is 0. The fraction of sp³-hybridized carbons (Fsp3) is 0.231. The molecule has 0 fully saturated rings. The predicted octanol–water partition coefficient (Wildman–Crippen LogP) is 4.94. The minimum atomic E-state index is -0.132. The Kier molecular flexibility index (Phi) is 4.57. The van der Waals surface area contributed by atoms with E-state index >= 15 is 0 Å². The van der Waals surface area contributed by atoms with E-state index in [1.807, 2.05) is 25.1 Å². The number of halogens is 3. The Morgan fingerprint density at radius 1 is 1.17 bits per heavy atom. The molecule has 2 aromatic rings. The third-order valence-corrected chi connectivity index (χ3v) is 3.80. The lowest BCUT2D eigenvalue weighted by atomic mass is 10.0.